The van der Waals surface area contributed by atoms with Gasteiger partial charge < -0.3 is 5.11 Å². The standard InChI is InChI=1S/C21H16F3NO2S/c22-21(23,24)15-5-2-13(3-6-15)14-4-7-17-16(12-14)18(8-11-25-17)28-20(19(26)27)9-1-10-20/h2-8,11-12H,1,9-10H2,(H,26,27). The van der Waals surface area contributed by atoms with Gasteiger partial charge in [0.05, 0.1) is 11.1 Å². The van der Waals surface area contributed by atoms with Crippen LogP contribution in [-0.4, -0.2) is 20.8 Å². The van der Waals surface area contributed by atoms with Crippen molar-refractivity contribution in [2.75, 3.05) is 0 Å². The number of aliphatic carboxylic acids is 1. The molecule has 0 radical (unpaired) electrons. The molecule has 1 N–H and O–H groups in total. The molecular formula is C21H16F3NO2S. The number of benzene rings is 2. The van der Waals surface area contributed by atoms with Gasteiger partial charge in [-0.3, -0.25) is 9.78 Å². The minimum absolute atomic E-state index is 0.620. The highest BCUT2D eigenvalue weighted by Gasteiger charge is 2.45. The minimum atomic E-state index is -4.37. The Bertz CT molecular complexity index is 1040. The predicted molar refractivity (Wildman–Crippen MR) is 102 cm³/mol. The number of halogens is 3. The van der Waals surface area contributed by atoms with Gasteiger partial charge in [-0.15, -0.1) is 11.8 Å². The van der Waals surface area contributed by atoms with Crippen molar-refractivity contribution in [2.45, 2.75) is 35.1 Å². The Morgan fingerprint density at radius 1 is 1.04 bits per heavy atom. The number of hydrogen-bond acceptors (Lipinski definition) is 3. The first-order valence-corrected chi connectivity index (χ1v) is 9.59. The lowest BCUT2D eigenvalue weighted by Gasteiger charge is -2.37. The second kappa shape index (κ2) is 6.81. The van der Waals surface area contributed by atoms with Gasteiger partial charge in [0.2, 0.25) is 0 Å². The fourth-order valence-electron chi connectivity index (χ4n) is 3.31. The lowest BCUT2D eigenvalue weighted by Crippen LogP contribution is -2.41. The van der Waals surface area contributed by atoms with Crippen molar-refractivity contribution in [3.8, 4) is 11.1 Å². The Labute approximate surface area is 163 Å². The van der Waals surface area contributed by atoms with E-state index < -0.39 is 22.5 Å². The van der Waals surface area contributed by atoms with E-state index in [1.54, 1.807) is 18.3 Å². The number of carbonyl (C=O) groups is 1. The Morgan fingerprint density at radius 2 is 1.71 bits per heavy atom. The molecule has 1 aliphatic carbocycles. The molecule has 0 spiro atoms. The molecular weight excluding hydrogens is 387 g/mol. The van der Waals surface area contributed by atoms with Crippen LogP contribution < -0.4 is 0 Å². The van der Waals surface area contributed by atoms with Crippen LogP contribution in [-0.2, 0) is 11.0 Å². The molecule has 1 aliphatic rings. The minimum Gasteiger partial charge on any atom is -0.480 e. The third kappa shape index (κ3) is 3.35. The molecule has 2 aromatic carbocycles. The highest BCUT2D eigenvalue weighted by atomic mass is 32.2. The largest absolute Gasteiger partial charge is 0.480 e. The van der Waals surface area contributed by atoms with Gasteiger partial charge in [0.25, 0.3) is 0 Å². The summed E-state index contributed by atoms with van der Waals surface area (Å²) in [6.07, 6.45) is -0.593. The molecule has 1 fully saturated rings. The summed E-state index contributed by atoms with van der Waals surface area (Å²) in [5.74, 6) is -0.812. The van der Waals surface area contributed by atoms with Crippen molar-refractivity contribution in [1.82, 2.24) is 4.98 Å². The van der Waals surface area contributed by atoms with E-state index in [9.17, 15) is 23.1 Å². The maximum Gasteiger partial charge on any atom is 0.416 e. The van der Waals surface area contributed by atoms with Gasteiger partial charge in [0.15, 0.2) is 0 Å². The summed E-state index contributed by atoms with van der Waals surface area (Å²) < 4.78 is 37.6. The van der Waals surface area contributed by atoms with Crippen LogP contribution in [0.25, 0.3) is 22.0 Å². The number of carboxylic acid groups (broad SMARTS) is 1. The van der Waals surface area contributed by atoms with Crippen LogP contribution in [0.4, 0.5) is 13.2 Å². The van der Waals surface area contributed by atoms with Gasteiger partial charge in [-0.1, -0.05) is 18.2 Å². The summed E-state index contributed by atoms with van der Waals surface area (Å²) in [7, 11) is 0. The molecule has 3 nitrogen and oxygen atoms in total. The lowest BCUT2D eigenvalue weighted by molar-refractivity contribution is -0.142. The topological polar surface area (TPSA) is 50.2 Å². The molecule has 7 heteroatoms. The monoisotopic (exact) mass is 403 g/mol. The number of alkyl halides is 3. The Kier molecular flexibility index (Phi) is 4.57. The average Bonchev–Trinajstić information content (AvgIpc) is 2.63. The maximum absolute atomic E-state index is 12.8. The molecule has 0 amide bonds. The fraction of sp³-hybridized carbons (Fsp3) is 0.238. The first kappa shape index (κ1) is 18.8. The van der Waals surface area contributed by atoms with E-state index in [0.717, 1.165) is 39.9 Å². The molecule has 1 heterocycles. The molecule has 0 unspecified atom stereocenters. The fourth-order valence-corrected chi connectivity index (χ4v) is 4.71. The number of pyridine rings is 1. The summed E-state index contributed by atoms with van der Waals surface area (Å²) >= 11 is 1.34. The Morgan fingerprint density at radius 3 is 2.29 bits per heavy atom. The third-order valence-electron chi connectivity index (χ3n) is 5.10. The molecule has 144 valence electrons. The molecule has 0 aliphatic heterocycles. The van der Waals surface area contributed by atoms with E-state index in [2.05, 4.69) is 4.98 Å². The zero-order valence-corrected chi connectivity index (χ0v) is 15.5. The molecule has 28 heavy (non-hydrogen) atoms. The van der Waals surface area contributed by atoms with Crippen LogP contribution in [0.2, 0.25) is 0 Å². The zero-order chi connectivity index (χ0) is 19.9. The van der Waals surface area contributed by atoms with Crippen molar-refractivity contribution in [3.05, 3.63) is 60.3 Å². The highest BCUT2D eigenvalue weighted by molar-refractivity contribution is 8.01. The van der Waals surface area contributed by atoms with E-state index in [0.29, 0.717) is 18.4 Å². The average molecular weight is 403 g/mol. The van der Waals surface area contributed by atoms with Gasteiger partial charge in [-0.25, -0.2) is 0 Å². The molecule has 0 atom stereocenters. The molecule has 1 aromatic heterocycles. The van der Waals surface area contributed by atoms with Crippen molar-refractivity contribution < 1.29 is 23.1 Å². The van der Waals surface area contributed by atoms with Gasteiger partial charge in [0, 0.05) is 16.5 Å². The highest BCUT2D eigenvalue weighted by Crippen LogP contribution is 2.49. The summed E-state index contributed by atoms with van der Waals surface area (Å²) in [5.41, 5.74) is 1.45. The maximum atomic E-state index is 12.8. The molecule has 0 saturated heterocycles. The van der Waals surface area contributed by atoms with Crippen LogP contribution in [0.3, 0.4) is 0 Å². The first-order valence-electron chi connectivity index (χ1n) is 8.77. The number of thioether (sulfide) groups is 1. The number of nitrogens with zero attached hydrogens (tertiary/aromatic N) is 1. The number of fused-ring (bicyclic) bond motifs is 1. The van der Waals surface area contributed by atoms with E-state index in [1.165, 1.54) is 23.9 Å². The lowest BCUT2D eigenvalue weighted by atomic mass is 9.84. The summed E-state index contributed by atoms with van der Waals surface area (Å²) in [6, 6.07) is 12.3. The Balaban J connectivity index is 1.73. The van der Waals surface area contributed by atoms with Crippen LogP contribution in [0.1, 0.15) is 24.8 Å². The molecule has 4 rings (SSSR count). The van der Waals surface area contributed by atoms with Crippen molar-refractivity contribution in [3.63, 3.8) is 0 Å². The van der Waals surface area contributed by atoms with Crippen molar-refractivity contribution in [2.24, 2.45) is 0 Å². The van der Waals surface area contributed by atoms with Crippen LogP contribution in [0, 0.1) is 0 Å². The third-order valence-corrected chi connectivity index (χ3v) is 6.65. The van der Waals surface area contributed by atoms with Gasteiger partial charge in [-0.2, -0.15) is 13.2 Å². The van der Waals surface area contributed by atoms with E-state index in [-0.39, 0.29) is 0 Å². The predicted octanol–water partition coefficient (Wildman–Crippen LogP) is 6.02. The summed E-state index contributed by atoms with van der Waals surface area (Å²) in [5, 5.41) is 10.4. The van der Waals surface area contributed by atoms with Gasteiger partial charge >= 0.3 is 12.1 Å². The summed E-state index contributed by atoms with van der Waals surface area (Å²) in [6.45, 7) is 0. The molecule has 0 bridgehead atoms. The zero-order valence-electron chi connectivity index (χ0n) is 14.7. The second-order valence-corrected chi connectivity index (χ2v) is 8.30. The van der Waals surface area contributed by atoms with Crippen LogP contribution in [0.5, 0.6) is 0 Å². The van der Waals surface area contributed by atoms with Crippen LogP contribution in [0.15, 0.2) is 59.6 Å². The number of rotatable bonds is 4. The number of carboxylic acids is 1. The number of hydrogen-bond donors (Lipinski definition) is 1. The van der Waals surface area contributed by atoms with Crippen molar-refractivity contribution >= 4 is 28.6 Å². The van der Waals surface area contributed by atoms with E-state index in [1.807, 2.05) is 12.1 Å². The molecule has 3 aromatic rings. The van der Waals surface area contributed by atoms with Crippen LogP contribution >= 0.6 is 11.8 Å². The quantitative estimate of drug-likeness (QED) is 0.579. The Hall–Kier alpha value is -2.54. The normalized spacial score (nSPS) is 16.0. The SMILES string of the molecule is O=C(O)C1(Sc2ccnc3ccc(-c4ccc(C(F)(F)F)cc4)cc23)CCC1. The molecule has 1 saturated carbocycles. The second-order valence-electron chi connectivity index (χ2n) is 6.87. The number of aromatic nitrogens is 1. The van der Waals surface area contributed by atoms with Crippen molar-refractivity contribution in [1.29, 1.82) is 0 Å². The first-order chi connectivity index (χ1) is 13.3. The van der Waals surface area contributed by atoms with Gasteiger partial charge in [0.1, 0.15) is 4.75 Å². The summed E-state index contributed by atoms with van der Waals surface area (Å²) in [4.78, 5) is 16.9. The van der Waals surface area contributed by atoms with E-state index in [4.69, 9.17) is 0 Å². The smallest absolute Gasteiger partial charge is 0.416 e. The van der Waals surface area contributed by atoms with E-state index >= 15 is 0 Å². The van der Waals surface area contributed by atoms with Gasteiger partial charge in [-0.05, 0) is 60.7 Å².